The number of hydrogen-bond acceptors (Lipinski definition) is 3. The van der Waals surface area contributed by atoms with Crippen molar-refractivity contribution >= 4 is 0 Å². The van der Waals surface area contributed by atoms with Crippen molar-refractivity contribution in [3.8, 4) is 5.75 Å². The van der Waals surface area contributed by atoms with E-state index in [0.717, 1.165) is 31.7 Å². The van der Waals surface area contributed by atoms with Crippen LogP contribution in [0.15, 0.2) is 48.8 Å². The van der Waals surface area contributed by atoms with Gasteiger partial charge in [0.25, 0.3) is 0 Å². The Morgan fingerprint density at radius 3 is 2.37 bits per heavy atom. The van der Waals surface area contributed by atoms with Gasteiger partial charge in [0.15, 0.2) is 0 Å². The van der Waals surface area contributed by atoms with Crippen molar-refractivity contribution in [2.24, 2.45) is 0 Å². The van der Waals surface area contributed by atoms with Gasteiger partial charge in [-0.25, -0.2) is 0 Å². The Morgan fingerprint density at radius 2 is 1.74 bits per heavy atom. The zero-order valence-corrected chi connectivity index (χ0v) is 11.3. The normalized spacial score (nSPS) is 10.4. The van der Waals surface area contributed by atoms with E-state index in [4.69, 9.17) is 4.74 Å². The summed E-state index contributed by atoms with van der Waals surface area (Å²) in [7, 11) is 1.69. The van der Waals surface area contributed by atoms with Crippen LogP contribution in [0.4, 0.5) is 0 Å². The minimum Gasteiger partial charge on any atom is -0.497 e. The molecule has 0 amide bonds. The molecule has 2 rings (SSSR count). The van der Waals surface area contributed by atoms with E-state index in [0.29, 0.717) is 0 Å². The van der Waals surface area contributed by atoms with Gasteiger partial charge in [-0.15, -0.1) is 0 Å². The quantitative estimate of drug-likeness (QED) is 0.773. The molecule has 0 saturated heterocycles. The predicted octanol–water partition coefficient (Wildman–Crippen LogP) is 2.47. The SMILES string of the molecule is COc1ccc(CCNCCc2cccnc2)cc1. The van der Waals surface area contributed by atoms with E-state index in [9.17, 15) is 0 Å². The second-order valence-electron chi connectivity index (χ2n) is 4.46. The molecule has 1 aromatic carbocycles. The van der Waals surface area contributed by atoms with Gasteiger partial charge in [-0.2, -0.15) is 0 Å². The number of hydrogen-bond donors (Lipinski definition) is 1. The highest BCUT2D eigenvalue weighted by molar-refractivity contribution is 5.27. The number of nitrogens with one attached hydrogen (secondary N) is 1. The first-order valence-corrected chi connectivity index (χ1v) is 6.61. The fourth-order valence-corrected chi connectivity index (χ4v) is 1.93. The maximum atomic E-state index is 5.14. The van der Waals surface area contributed by atoms with E-state index in [2.05, 4.69) is 28.5 Å². The van der Waals surface area contributed by atoms with Crippen molar-refractivity contribution in [1.29, 1.82) is 0 Å². The number of aromatic nitrogens is 1. The van der Waals surface area contributed by atoms with Crippen LogP contribution in [-0.4, -0.2) is 25.2 Å². The highest BCUT2D eigenvalue weighted by Gasteiger charge is 1.95. The van der Waals surface area contributed by atoms with Crippen molar-refractivity contribution in [1.82, 2.24) is 10.3 Å². The first kappa shape index (κ1) is 13.6. The van der Waals surface area contributed by atoms with Crippen molar-refractivity contribution in [3.63, 3.8) is 0 Å². The van der Waals surface area contributed by atoms with Gasteiger partial charge in [0, 0.05) is 12.4 Å². The van der Waals surface area contributed by atoms with Crippen LogP contribution in [0.1, 0.15) is 11.1 Å². The smallest absolute Gasteiger partial charge is 0.118 e. The summed E-state index contributed by atoms with van der Waals surface area (Å²) in [5, 5.41) is 3.45. The lowest BCUT2D eigenvalue weighted by Gasteiger charge is -2.06. The number of benzene rings is 1. The number of ether oxygens (including phenoxy) is 1. The van der Waals surface area contributed by atoms with Gasteiger partial charge in [0.1, 0.15) is 5.75 Å². The number of pyridine rings is 1. The minimum atomic E-state index is 0.910. The lowest BCUT2D eigenvalue weighted by atomic mass is 10.1. The Hall–Kier alpha value is -1.87. The van der Waals surface area contributed by atoms with Crippen LogP contribution in [0.5, 0.6) is 5.75 Å². The summed E-state index contributed by atoms with van der Waals surface area (Å²) in [6.07, 6.45) is 5.79. The summed E-state index contributed by atoms with van der Waals surface area (Å²) in [4.78, 5) is 4.11. The Labute approximate surface area is 114 Å². The highest BCUT2D eigenvalue weighted by Crippen LogP contribution is 2.11. The lowest BCUT2D eigenvalue weighted by Crippen LogP contribution is -2.20. The largest absolute Gasteiger partial charge is 0.497 e. The number of rotatable bonds is 7. The monoisotopic (exact) mass is 256 g/mol. The Kier molecular flexibility index (Phi) is 5.38. The molecule has 3 heteroatoms. The van der Waals surface area contributed by atoms with Crippen LogP contribution in [-0.2, 0) is 12.8 Å². The molecule has 100 valence electrons. The zero-order chi connectivity index (χ0) is 13.3. The average molecular weight is 256 g/mol. The van der Waals surface area contributed by atoms with Crippen molar-refractivity contribution in [2.75, 3.05) is 20.2 Å². The summed E-state index contributed by atoms with van der Waals surface area (Å²) in [5.74, 6) is 0.910. The molecule has 0 spiro atoms. The van der Waals surface area contributed by atoms with E-state index in [1.54, 1.807) is 13.3 Å². The molecule has 0 bridgehead atoms. The Bertz CT molecular complexity index is 468. The summed E-state index contributed by atoms with van der Waals surface area (Å²) < 4.78 is 5.14. The molecule has 0 fully saturated rings. The van der Waals surface area contributed by atoms with Crippen LogP contribution in [0.2, 0.25) is 0 Å². The molecule has 19 heavy (non-hydrogen) atoms. The third kappa shape index (κ3) is 4.72. The average Bonchev–Trinajstić information content (AvgIpc) is 2.49. The summed E-state index contributed by atoms with van der Waals surface area (Å²) in [6, 6.07) is 12.3. The molecule has 1 N–H and O–H groups in total. The number of methoxy groups -OCH3 is 1. The molecule has 0 radical (unpaired) electrons. The van der Waals surface area contributed by atoms with E-state index < -0.39 is 0 Å². The fraction of sp³-hybridized carbons (Fsp3) is 0.312. The van der Waals surface area contributed by atoms with Crippen molar-refractivity contribution in [2.45, 2.75) is 12.8 Å². The molecule has 0 aliphatic rings. The molecule has 0 saturated carbocycles. The van der Waals surface area contributed by atoms with Crippen LogP contribution < -0.4 is 10.1 Å². The van der Waals surface area contributed by atoms with Gasteiger partial charge < -0.3 is 10.1 Å². The van der Waals surface area contributed by atoms with Crippen molar-refractivity contribution < 1.29 is 4.74 Å². The third-order valence-electron chi connectivity index (χ3n) is 3.06. The Morgan fingerprint density at radius 1 is 1.00 bits per heavy atom. The van der Waals surface area contributed by atoms with E-state index in [1.807, 2.05) is 24.4 Å². The van der Waals surface area contributed by atoms with Gasteiger partial charge in [0.2, 0.25) is 0 Å². The van der Waals surface area contributed by atoms with Gasteiger partial charge in [0.05, 0.1) is 7.11 Å². The summed E-state index contributed by atoms with van der Waals surface area (Å²) >= 11 is 0. The second-order valence-corrected chi connectivity index (χ2v) is 4.46. The van der Waals surface area contributed by atoms with Crippen molar-refractivity contribution in [3.05, 3.63) is 59.9 Å². The molecule has 0 aliphatic heterocycles. The summed E-state index contributed by atoms with van der Waals surface area (Å²) in [6.45, 7) is 1.98. The van der Waals surface area contributed by atoms with Crippen LogP contribution in [0.25, 0.3) is 0 Å². The second kappa shape index (κ2) is 7.54. The lowest BCUT2D eigenvalue weighted by molar-refractivity contribution is 0.414. The molecule has 1 heterocycles. The van der Waals surface area contributed by atoms with Crippen LogP contribution in [0, 0.1) is 0 Å². The van der Waals surface area contributed by atoms with E-state index in [1.165, 1.54) is 11.1 Å². The molecule has 0 atom stereocenters. The highest BCUT2D eigenvalue weighted by atomic mass is 16.5. The Balaban J connectivity index is 1.63. The van der Waals surface area contributed by atoms with Gasteiger partial charge in [-0.1, -0.05) is 18.2 Å². The molecule has 1 aromatic heterocycles. The maximum Gasteiger partial charge on any atom is 0.118 e. The van der Waals surface area contributed by atoms with E-state index in [-0.39, 0.29) is 0 Å². The number of nitrogens with zero attached hydrogens (tertiary/aromatic N) is 1. The molecular formula is C16H20N2O. The third-order valence-corrected chi connectivity index (χ3v) is 3.06. The van der Waals surface area contributed by atoms with Crippen LogP contribution in [0.3, 0.4) is 0 Å². The summed E-state index contributed by atoms with van der Waals surface area (Å²) in [5.41, 5.74) is 2.61. The molecule has 3 nitrogen and oxygen atoms in total. The van der Waals surface area contributed by atoms with Gasteiger partial charge >= 0.3 is 0 Å². The topological polar surface area (TPSA) is 34.1 Å². The standard InChI is InChI=1S/C16H20N2O/c1-19-16-6-4-14(5-7-16)8-11-17-12-9-15-3-2-10-18-13-15/h2-7,10,13,17H,8-9,11-12H2,1H3. The van der Waals surface area contributed by atoms with E-state index >= 15 is 0 Å². The molecule has 0 unspecified atom stereocenters. The minimum absolute atomic E-state index is 0.910. The molecule has 0 aliphatic carbocycles. The van der Waals surface area contributed by atoms with Gasteiger partial charge in [-0.05, 0) is 55.3 Å². The predicted molar refractivity (Wildman–Crippen MR) is 77.5 cm³/mol. The fourth-order valence-electron chi connectivity index (χ4n) is 1.93. The zero-order valence-electron chi connectivity index (χ0n) is 11.3. The van der Waals surface area contributed by atoms with Crippen LogP contribution >= 0.6 is 0 Å². The first-order chi connectivity index (χ1) is 9.38. The molecule has 2 aromatic rings. The first-order valence-electron chi connectivity index (χ1n) is 6.61. The maximum absolute atomic E-state index is 5.14. The van der Waals surface area contributed by atoms with Gasteiger partial charge in [-0.3, -0.25) is 4.98 Å². The molecular weight excluding hydrogens is 236 g/mol.